The summed E-state index contributed by atoms with van der Waals surface area (Å²) in [6, 6.07) is 3.33. The van der Waals surface area contributed by atoms with Crippen LogP contribution in [0.5, 0.6) is 0 Å². The van der Waals surface area contributed by atoms with E-state index in [0.717, 1.165) is 23.5 Å². The van der Waals surface area contributed by atoms with E-state index in [4.69, 9.17) is 22.1 Å². The Kier molecular flexibility index (Phi) is 5.00. The van der Waals surface area contributed by atoms with E-state index in [9.17, 15) is 18.0 Å². The van der Waals surface area contributed by atoms with Gasteiger partial charge in [-0.2, -0.15) is 13.2 Å². The number of thiazole rings is 1. The van der Waals surface area contributed by atoms with Crippen molar-refractivity contribution in [2.75, 3.05) is 17.7 Å². The smallest absolute Gasteiger partial charge is 0.417 e. The second kappa shape index (κ2) is 6.63. The van der Waals surface area contributed by atoms with Crippen molar-refractivity contribution < 1.29 is 22.7 Å². The molecule has 1 aromatic heterocycles. The number of nitrogens with zero attached hydrogens (tertiary/aromatic N) is 1. The van der Waals surface area contributed by atoms with E-state index >= 15 is 0 Å². The number of halogens is 4. The van der Waals surface area contributed by atoms with Crippen LogP contribution in [0, 0.1) is 0 Å². The van der Waals surface area contributed by atoms with Crippen LogP contribution in [-0.4, -0.2) is 17.6 Å². The minimum atomic E-state index is -4.58. The first-order valence-electron chi connectivity index (χ1n) is 6.29. The van der Waals surface area contributed by atoms with Crippen LogP contribution in [0.15, 0.2) is 18.2 Å². The second-order valence-corrected chi connectivity index (χ2v) is 5.68. The van der Waals surface area contributed by atoms with Crippen LogP contribution < -0.4 is 11.1 Å². The third kappa shape index (κ3) is 4.05. The number of nitrogen functional groups attached to an aromatic ring is 1. The zero-order valence-corrected chi connectivity index (χ0v) is 13.3. The SMILES string of the molecule is CCOC(=O)c1sc(Nc2ccc(Cl)c(C(F)(F)F)c2)nc1N. The van der Waals surface area contributed by atoms with Gasteiger partial charge in [0, 0.05) is 5.69 Å². The van der Waals surface area contributed by atoms with Crippen molar-refractivity contribution in [1.29, 1.82) is 0 Å². The average Bonchev–Trinajstić information content (AvgIpc) is 2.81. The number of anilines is 3. The number of nitrogens with two attached hydrogens (primary N) is 1. The molecule has 23 heavy (non-hydrogen) atoms. The first-order chi connectivity index (χ1) is 10.7. The molecule has 0 unspecified atom stereocenters. The molecule has 2 rings (SSSR count). The zero-order chi connectivity index (χ0) is 17.2. The van der Waals surface area contributed by atoms with Crippen LogP contribution in [0.25, 0.3) is 0 Å². The molecule has 0 aliphatic heterocycles. The maximum Gasteiger partial charge on any atom is 0.417 e. The van der Waals surface area contributed by atoms with Crippen molar-refractivity contribution in [3.8, 4) is 0 Å². The Hall–Kier alpha value is -2.00. The lowest BCUT2D eigenvalue weighted by Gasteiger charge is -2.11. The van der Waals surface area contributed by atoms with E-state index in [1.807, 2.05) is 0 Å². The van der Waals surface area contributed by atoms with Gasteiger partial charge in [-0.05, 0) is 25.1 Å². The molecule has 0 atom stereocenters. The molecule has 0 bridgehead atoms. The summed E-state index contributed by atoms with van der Waals surface area (Å²) in [7, 11) is 0. The van der Waals surface area contributed by atoms with E-state index < -0.39 is 22.7 Å². The topological polar surface area (TPSA) is 77.2 Å². The Morgan fingerprint density at radius 1 is 1.48 bits per heavy atom. The van der Waals surface area contributed by atoms with Crippen molar-refractivity contribution in [2.45, 2.75) is 13.1 Å². The highest BCUT2D eigenvalue weighted by Gasteiger charge is 2.33. The molecule has 2 aromatic rings. The molecule has 0 spiro atoms. The molecule has 0 saturated carbocycles. The Labute approximate surface area is 138 Å². The normalized spacial score (nSPS) is 11.3. The van der Waals surface area contributed by atoms with Gasteiger partial charge in [0.25, 0.3) is 0 Å². The number of nitrogens with one attached hydrogen (secondary N) is 1. The maximum atomic E-state index is 12.8. The Morgan fingerprint density at radius 3 is 2.78 bits per heavy atom. The zero-order valence-electron chi connectivity index (χ0n) is 11.7. The lowest BCUT2D eigenvalue weighted by Crippen LogP contribution is -2.06. The fourth-order valence-electron chi connectivity index (χ4n) is 1.67. The van der Waals surface area contributed by atoms with Crippen LogP contribution >= 0.6 is 22.9 Å². The highest BCUT2D eigenvalue weighted by Crippen LogP contribution is 2.37. The van der Waals surface area contributed by atoms with Gasteiger partial charge in [-0.15, -0.1) is 0 Å². The Morgan fingerprint density at radius 2 is 2.17 bits per heavy atom. The lowest BCUT2D eigenvalue weighted by atomic mass is 10.2. The number of hydrogen-bond donors (Lipinski definition) is 2. The monoisotopic (exact) mass is 365 g/mol. The van der Waals surface area contributed by atoms with Crippen LogP contribution in [0.1, 0.15) is 22.2 Å². The van der Waals surface area contributed by atoms with Crippen LogP contribution in [-0.2, 0) is 10.9 Å². The predicted molar refractivity (Wildman–Crippen MR) is 82.2 cm³/mol. The van der Waals surface area contributed by atoms with Crippen molar-refractivity contribution in [2.24, 2.45) is 0 Å². The van der Waals surface area contributed by atoms with E-state index in [1.165, 1.54) is 6.07 Å². The van der Waals surface area contributed by atoms with Crippen molar-refractivity contribution in [3.05, 3.63) is 33.7 Å². The largest absolute Gasteiger partial charge is 0.462 e. The molecule has 1 aromatic carbocycles. The average molecular weight is 366 g/mol. The molecular weight excluding hydrogens is 355 g/mol. The van der Waals surface area contributed by atoms with Gasteiger partial charge < -0.3 is 15.8 Å². The number of aromatic nitrogens is 1. The van der Waals surface area contributed by atoms with Crippen LogP contribution in [0.3, 0.4) is 0 Å². The Balaban J connectivity index is 2.27. The Bertz CT molecular complexity index is 734. The standard InChI is InChI=1S/C13H11ClF3N3O2S/c1-2-22-11(21)9-10(18)20-12(23-9)19-6-3-4-8(14)7(5-6)13(15,16)17/h3-5H,2,18H2,1H3,(H,19,20). The number of hydrogen-bond acceptors (Lipinski definition) is 6. The third-order valence-electron chi connectivity index (χ3n) is 2.64. The number of alkyl halides is 3. The van der Waals surface area contributed by atoms with Gasteiger partial charge in [-0.1, -0.05) is 22.9 Å². The highest BCUT2D eigenvalue weighted by atomic mass is 35.5. The molecular formula is C13H11ClF3N3O2S. The molecule has 3 N–H and O–H groups in total. The summed E-state index contributed by atoms with van der Waals surface area (Å²) in [6.45, 7) is 1.81. The second-order valence-electron chi connectivity index (χ2n) is 4.27. The molecule has 0 aliphatic rings. The molecule has 1 heterocycles. The van der Waals surface area contributed by atoms with Crippen molar-refractivity contribution in [3.63, 3.8) is 0 Å². The first kappa shape index (κ1) is 17.4. The van der Waals surface area contributed by atoms with Crippen molar-refractivity contribution >= 4 is 45.5 Å². The summed E-state index contributed by atoms with van der Waals surface area (Å²) in [5.41, 5.74) is 4.75. The van der Waals surface area contributed by atoms with Gasteiger partial charge in [0.15, 0.2) is 15.8 Å². The summed E-state index contributed by atoms with van der Waals surface area (Å²) < 4.78 is 43.3. The van der Waals surface area contributed by atoms with Gasteiger partial charge in [0.05, 0.1) is 17.2 Å². The molecule has 0 amide bonds. The van der Waals surface area contributed by atoms with Gasteiger partial charge in [0.1, 0.15) is 0 Å². The van der Waals surface area contributed by atoms with Gasteiger partial charge in [-0.3, -0.25) is 0 Å². The molecule has 0 fully saturated rings. The lowest BCUT2D eigenvalue weighted by molar-refractivity contribution is -0.137. The molecule has 0 aliphatic carbocycles. The summed E-state index contributed by atoms with van der Waals surface area (Å²) in [5.74, 6) is -0.691. The third-order valence-corrected chi connectivity index (χ3v) is 3.93. The van der Waals surface area contributed by atoms with Gasteiger partial charge in [0.2, 0.25) is 0 Å². The summed E-state index contributed by atoms with van der Waals surface area (Å²) in [5, 5.41) is 2.42. The van der Waals surface area contributed by atoms with Gasteiger partial charge >= 0.3 is 12.1 Å². The molecule has 0 radical (unpaired) electrons. The van der Waals surface area contributed by atoms with Crippen LogP contribution in [0.4, 0.5) is 29.8 Å². The van der Waals surface area contributed by atoms with Gasteiger partial charge in [-0.25, -0.2) is 9.78 Å². The quantitative estimate of drug-likeness (QED) is 0.789. The highest BCUT2D eigenvalue weighted by molar-refractivity contribution is 7.18. The van der Waals surface area contributed by atoms with Crippen LogP contribution in [0.2, 0.25) is 5.02 Å². The summed E-state index contributed by atoms with van der Waals surface area (Å²) in [6.07, 6.45) is -4.58. The number of rotatable bonds is 4. The number of benzene rings is 1. The number of ether oxygens (including phenoxy) is 1. The number of carbonyl (C=O) groups excluding carboxylic acids is 1. The minimum Gasteiger partial charge on any atom is -0.462 e. The molecule has 124 valence electrons. The molecule has 10 heteroatoms. The molecule has 5 nitrogen and oxygen atoms in total. The van der Waals surface area contributed by atoms with E-state index in [-0.39, 0.29) is 28.1 Å². The first-order valence-corrected chi connectivity index (χ1v) is 7.49. The van der Waals surface area contributed by atoms with E-state index in [2.05, 4.69) is 10.3 Å². The molecule has 0 saturated heterocycles. The minimum absolute atomic E-state index is 0.0547. The predicted octanol–water partition coefficient (Wildman–Crippen LogP) is 4.32. The number of esters is 1. The van der Waals surface area contributed by atoms with E-state index in [0.29, 0.717) is 0 Å². The fourth-order valence-corrected chi connectivity index (χ4v) is 2.70. The summed E-state index contributed by atoms with van der Waals surface area (Å²) in [4.78, 5) is 15.6. The maximum absolute atomic E-state index is 12.8. The fraction of sp³-hybridized carbons (Fsp3) is 0.231. The van der Waals surface area contributed by atoms with E-state index in [1.54, 1.807) is 6.92 Å². The number of carbonyl (C=O) groups is 1. The van der Waals surface area contributed by atoms with Crippen molar-refractivity contribution in [1.82, 2.24) is 4.98 Å². The summed E-state index contributed by atoms with van der Waals surface area (Å²) >= 11 is 6.43.